The Morgan fingerprint density at radius 1 is 1.60 bits per heavy atom. The molecule has 1 aliphatic rings. The van der Waals surface area contributed by atoms with Crippen LogP contribution in [0.1, 0.15) is 39.5 Å². The number of terminal acetylenes is 1. The molecular weight excluding hydrogens is 250 g/mol. The van der Waals surface area contributed by atoms with Crippen LogP contribution in [0.2, 0.25) is 0 Å². The second-order valence-electron chi connectivity index (χ2n) is 3.82. The minimum Gasteiger partial charge on any atom is -0.243 e. The van der Waals surface area contributed by atoms with E-state index in [4.69, 9.17) is 13.0 Å². The molecule has 0 N–H and O–H groups in total. The van der Waals surface area contributed by atoms with Crippen LogP contribution in [0.3, 0.4) is 0 Å². The maximum absolute atomic E-state index is 6.86. The molecule has 0 aromatic carbocycles. The van der Waals surface area contributed by atoms with Crippen molar-refractivity contribution in [2.45, 2.75) is 39.5 Å². The molecule has 82 valence electrons. The average Bonchev–Trinajstić information content (AvgIpc) is 2.29. The lowest BCUT2D eigenvalue weighted by Gasteiger charge is -2.20. The fourth-order valence-corrected chi connectivity index (χ4v) is 1.55. The van der Waals surface area contributed by atoms with Gasteiger partial charge in [0.15, 0.2) is 5.70 Å². The minimum absolute atomic E-state index is 0.660. The van der Waals surface area contributed by atoms with Crippen LogP contribution in [-0.2, 0) is 0 Å². The normalized spacial score (nSPS) is 19.3. The fourth-order valence-electron chi connectivity index (χ4n) is 1.55. The van der Waals surface area contributed by atoms with Crippen LogP contribution in [0.4, 0.5) is 0 Å². The van der Waals surface area contributed by atoms with Gasteiger partial charge in [0.25, 0.3) is 0 Å². The summed E-state index contributed by atoms with van der Waals surface area (Å²) in [6, 6.07) is 0. The first-order valence-electron chi connectivity index (χ1n) is 5.21. The highest BCUT2D eigenvalue weighted by Crippen LogP contribution is 2.29. The molecule has 1 nitrogen and oxygen atoms in total. The van der Waals surface area contributed by atoms with Gasteiger partial charge in [-0.1, -0.05) is 34.3 Å². The number of nitrogens with zero attached hydrogens (tertiary/aromatic N) is 1. The van der Waals surface area contributed by atoms with E-state index in [0.717, 1.165) is 24.5 Å². The molecule has 0 atom stereocenters. The zero-order chi connectivity index (χ0) is 11.7. The second kappa shape index (κ2) is 8.57. The highest BCUT2D eigenvalue weighted by molar-refractivity contribution is 9.09. The molecule has 0 heterocycles. The third-order valence-electron chi connectivity index (χ3n) is 2.63. The predicted molar refractivity (Wildman–Crippen MR) is 69.6 cm³/mol. The van der Waals surface area contributed by atoms with Gasteiger partial charge in [0.1, 0.15) is 0 Å². The Balaban J connectivity index is 0.000000423. The van der Waals surface area contributed by atoms with Gasteiger partial charge < -0.3 is 0 Å². The molecule has 15 heavy (non-hydrogen) atoms. The molecule has 1 fully saturated rings. The molecule has 2 heteroatoms. The van der Waals surface area contributed by atoms with E-state index in [1.807, 2.05) is 6.92 Å². The fraction of sp³-hybridized carbons (Fsp3) is 0.615. The monoisotopic (exact) mass is 267 g/mol. The molecule has 0 unspecified atom stereocenters. The van der Waals surface area contributed by atoms with Crippen molar-refractivity contribution in [2.24, 2.45) is 5.92 Å². The van der Waals surface area contributed by atoms with Gasteiger partial charge in [-0.2, -0.15) is 0 Å². The van der Waals surface area contributed by atoms with E-state index in [9.17, 15) is 0 Å². The molecule has 0 aromatic heterocycles. The molecule has 0 amide bonds. The standard InChI is InChI=1S/C10H15N.C3H3Br/c1-8-4-6-10(7-5-8)9(2)11-3;1-2-3-4/h8H,4-7H2,1-2H3;1H,3H2. The lowest BCUT2D eigenvalue weighted by Crippen LogP contribution is -2.04. The molecule has 0 spiro atoms. The highest BCUT2D eigenvalue weighted by atomic mass is 79.9. The molecule has 0 aromatic rings. The van der Waals surface area contributed by atoms with Crippen molar-refractivity contribution < 1.29 is 0 Å². The first-order chi connectivity index (χ1) is 7.15. The van der Waals surface area contributed by atoms with Crippen molar-refractivity contribution in [2.75, 3.05) is 5.33 Å². The average molecular weight is 268 g/mol. The van der Waals surface area contributed by atoms with Gasteiger partial charge in [-0.3, -0.25) is 0 Å². The van der Waals surface area contributed by atoms with Crippen LogP contribution in [0.5, 0.6) is 0 Å². The molecule has 0 bridgehead atoms. The second-order valence-corrected chi connectivity index (χ2v) is 4.38. The summed E-state index contributed by atoms with van der Waals surface area (Å²) in [5.41, 5.74) is 2.34. The summed E-state index contributed by atoms with van der Waals surface area (Å²) in [6.07, 6.45) is 9.61. The molecule has 0 aliphatic heterocycles. The topological polar surface area (TPSA) is 4.36 Å². The van der Waals surface area contributed by atoms with Crippen LogP contribution >= 0.6 is 15.9 Å². The SMILES string of the molecule is C#CCBr.[C-]#[N+]C(C)=C1CCC(C)CC1. The lowest BCUT2D eigenvalue weighted by molar-refractivity contribution is 0.442. The van der Waals surface area contributed by atoms with Crippen molar-refractivity contribution in [1.82, 2.24) is 0 Å². The van der Waals surface area contributed by atoms with Crippen molar-refractivity contribution >= 4 is 15.9 Å². The van der Waals surface area contributed by atoms with Crippen molar-refractivity contribution in [1.29, 1.82) is 0 Å². The largest absolute Gasteiger partial charge is 0.243 e. The Hall–Kier alpha value is -0.730. The van der Waals surface area contributed by atoms with Gasteiger partial charge in [-0.15, -0.1) is 6.42 Å². The number of halogens is 1. The van der Waals surface area contributed by atoms with Crippen LogP contribution in [0.15, 0.2) is 11.3 Å². The maximum Gasteiger partial charge on any atom is 0.161 e. The molecule has 0 saturated heterocycles. The Bertz CT molecular complexity index is 281. The molecule has 1 aliphatic carbocycles. The number of rotatable bonds is 0. The minimum atomic E-state index is 0.660. The van der Waals surface area contributed by atoms with E-state index in [2.05, 4.69) is 33.6 Å². The Morgan fingerprint density at radius 2 is 2.07 bits per heavy atom. The Morgan fingerprint density at radius 3 is 2.40 bits per heavy atom. The van der Waals surface area contributed by atoms with E-state index in [-0.39, 0.29) is 0 Å². The number of hydrogen-bond donors (Lipinski definition) is 0. The van der Waals surface area contributed by atoms with E-state index in [1.54, 1.807) is 0 Å². The summed E-state index contributed by atoms with van der Waals surface area (Å²) < 4.78 is 0. The van der Waals surface area contributed by atoms with Crippen molar-refractivity contribution in [3.05, 3.63) is 22.7 Å². The summed E-state index contributed by atoms with van der Waals surface area (Å²) >= 11 is 3.01. The van der Waals surface area contributed by atoms with Gasteiger partial charge in [-0.25, -0.2) is 4.85 Å². The molecular formula is C13H18BrN. The van der Waals surface area contributed by atoms with Gasteiger partial charge in [0.05, 0.1) is 11.9 Å². The lowest BCUT2D eigenvalue weighted by atomic mass is 9.86. The Labute approximate surface area is 102 Å². The maximum atomic E-state index is 6.86. The van der Waals surface area contributed by atoms with Crippen LogP contribution in [-0.4, -0.2) is 5.33 Å². The first-order valence-corrected chi connectivity index (χ1v) is 6.33. The van der Waals surface area contributed by atoms with Crippen molar-refractivity contribution in [3.8, 4) is 12.3 Å². The summed E-state index contributed by atoms with van der Waals surface area (Å²) in [4.78, 5) is 3.47. The number of allylic oxidation sites excluding steroid dienone is 2. The summed E-state index contributed by atoms with van der Waals surface area (Å²) in [6.45, 7) is 11.1. The summed E-state index contributed by atoms with van der Waals surface area (Å²) in [5, 5.41) is 0.660. The van der Waals surface area contributed by atoms with Crippen LogP contribution in [0, 0.1) is 24.8 Å². The zero-order valence-electron chi connectivity index (χ0n) is 9.52. The third kappa shape index (κ3) is 6.37. The third-order valence-corrected chi connectivity index (χ3v) is 2.96. The van der Waals surface area contributed by atoms with Crippen LogP contribution < -0.4 is 0 Å². The number of alkyl halides is 1. The van der Waals surface area contributed by atoms with Gasteiger partial charge >= 0.3 is 0 Å². The first kappa shape index (κ1) is 14.3. The van der Waals surface area contributed by atoms with E-state index in [1.165, 1.54) is 18.4 Å². The number of hydrogen-bond acceptors (Lipinski definition) is 0. The van der Waals surface area contributed by atoms with E-state index < -0.39 is 0 Å². The van der Waals surface area contributed by atoms with E-state index >= 15 is 0 Å². The quantitative estimate of drug-likeness (QED) is 0.348. The van der Waals surface area contributed by atoms with Gasteiger partial charge in [-0.05, 0) is 38.5 Å². The predicted octanol–water partition coefficient (Wildman–Crippen LogP) is 4.40. The molecule has 1 rings (SSSR count). The zero-order valence-corrected chi connectivity index (χ0v) is 11.1. The molecule has 1 saturated carbocycles. The summed E-state index contributed by atoms with van der Waals surface area (Å²) in [7, 11) is 0. The van der Waals surface area contributed by atoms with E-state index in [0.29, 0.717) is 5.33 Å². The molecule has 0 radical (unpaired) electrons. The highest BCUT2D eigenvalue weighted by Gasteiger charge is 2.13. The van der Waals surface area contributed by atoms with Gasteiger partial charge in [0, 0.05) is 0 Å². The Kier molecular flexibility index (Phi) is 8.15. The van der Waals surface area contributed by atoms with Crippen LogP contribution in [0.25, 0.3) is 4.85 Å². The van der Waals surface area contributed by atoms with Gasteiger partial charge in [0.2, 0.25) is 0 Å². The smallest absolute Gasteiger partial charge is 0.161 e. The summed E-state index contributed by atoms with van der Waals surface area (Å²) in [5.74, 6) is 3.22. The van der Waals surface area contributed by atoms with Crippen molar-refractivity contribution in [3.63, 3.8) is 0 Å².